The molecule has 8 nitrogen and oxygen atoms in total. The van der Waals surface area contributed by atoms with Gasteiger partial charge < -0.3 is 20.6 Å². The van der Waals surface area contributed by atoms with E-state index in [1.54, 1.807) is 0 Å². The fraction of sp³-hybridized carbons (Fsp3) is 0.455. The Morgan fingerprint density at radius 3 is 2.05 bits per heavy atom. The van der Waals surface area contributed by atoms with Crippen molar-refractivity contribution in [2.45, 2.75) is 31.7 Å². The van der Waals surface area contributed by atoms with Gasteiger partial charge in [-0.2, -0.15) is 0 Å². The summed E-state index contributed by atoms with van der Waals surface area (Å²) in [5, 5.41) is 27.7. The first-order valence-corrected chi connectivity index (χ1v) is 5.43. The lowest BCUT2D eigenvalue weighted by Gasteiger charge is -2.11. The standard InChI is InChI=1S/C11H15NO7/c13-8(5-6-10(16)17)12-7(11(18)19)3-1-2-4-9(14)15/h1-2,7H,3-6H2,(H,12,13)(H,14,15)(H,16,17)(H,18,19). The Hall–Kier alpha value is -2.38. The summed E-state index contributed by atoms with van der Waals surface area (Å²) in [7, 11) is 0. The predicted molar refractivity (Wildman–Crippen MR) is 62.4 cm³/mol. The molecule has 0 heterocycles. The lowest BCUT2D eigenvalue weighted by Crippen LogP contribution is -2.40. The van der Waals surface area contributed by atoms with Gasteiger partial charge in [-0.15, -0.1) is 0 Å². The summed E-state index contributed by atoms with van der Waals surface area (Å²) in [6.07, 6.45) is 1.62. The summed E-state index contributed by atoms with van der Waals surface area (Å²) < 4.78 is 0. The van der Waals surface area contributed by atoms with Crippen LogP contribution in [0, 0.1) is 0 Å². The maximum Gasteiger partial charge on any atom is 0.326 e. The minimum absolute atomic E-state index is 0.0680. The van der Waals surface area contributed by atoms with Crippen LogP contribution in [-0.4, -0.2) is 45.2 Å². The third-order valence-electron chi connectivity index (χ3n) is 2.03. The second-order valence-corrected chi connectivity index (χ2v) is 3.66. The molecule has 1 atom stereocenters. The molecule has 0 aromatic heterocycles. The van der Waals surface area contributed by atoms with Crippen LogP contribution >= 0.6 is 0 Å². The zero-order chi connectivity index (χ0) is 14.8. The lowest BCUT2D eigenvalue weighted by atomic mass is 10.1. The summed E-state index contributed by atoms with van der Waals surface area (Å²) in [5.74, 6) is -4.15. The predicted octanol–water partition coefficient (Wildman–Crippen LogP) is -0.158. The highest BCUT2D eigenvalue weighted by molar-refractivity contribution is 5.85. The van der Waals surface area contributed by atoms with Gasteiger partial charge in [-0.05, 0) is 6.42 Å². The first-order valence-electron chi connectivity index (χ1n) is 5.43. The molecule has 0 bridgehead atoms. The molecule has 106 valence electrons. The van der Waals surface area contributed by atoms with Crippen molar-refractivity contribution in [1.82, 2.24) is 5.32 Å². The van der Waals surface area contributed by atoms with Crippen LogP contribution in [0.2, 0.25) is 0 Å². The molecule has 0 spiro atoms. The third kappa shape index (κ3) is 9.33. The Bertz CT molecular complexity index is 389. The molecule has 0 aliphatic carbocycles. The molecule has 0 aliphatic rings. The molecule has 0 radical (unpaired) electrons. The van der Waals surface area contributed by atoms with E-state index >= 15 is 0 Å². The molecule has 19 heavy (non-hydrogen) atoms. The minimum atomic E-state index is -1.27. The number of hydrogen-bond donors (Lipinski definition) is 4. The number of hydrogen-bond acceptors (Lipinski definition) is 4. The monoisotopic (exact) mass is 273 g/mol. The number of carbonyl (C=O) groups is 4. The molecule has 4 N–H and O–H groups in total. The van der Waals surface area contributed by atoms with Crippen molar-refractivity contribution in [2.24, 2.45) is 0 Å². The van der Waals surface area contributed by atoms with Gasteiger partial charge in [0.2, 0.25) is 5.91 Å². The number of carboxylic acid groups (broad SMARTS) is 3. The molecule has 0 fully saturated rings. The van der Waals surface area contributed by atoms with Crippen molar-refractivity contribution < 1.29 is 34.5 Å². The number of carbonyl (C=O) groups excluding carboxylic acids is 1. The molecular weight excluding hydrogens is 258 g/mol. The normalized spacial score (nSPS) is 12.0. The van der Waals surface area contributed by atoms with E-state index in [-0.39, 0.29) is 25.7 Å². The van der Waals surface area contributed by atoms with Gasteiger partial charge in [-0.3, -0.25) is 14.4 Å². The van der Waals surface area contributed by atoms with E-state index in [9.17, 15) is 19.2 Å². The number of carboxylic acids is 3. The number of rotatable bonds is 9. The summed E-state index contributed by atoms with van der Waals surface area (Å²) in [4.78, 5) is 42.5. The molecule has 0 saturated carbocycles. The van der Waals surface area contributed by atoms with Crippen molar-refractivity contribution in [3.05, 3.63) is 12.2 Å². The van der Waals surface area contributed by atoms with Crippen molar-refractivity contribution in [2.75, 3.05) is 0 Å². The Morgan fingerprint density at radius 1 is 0.947 bits per heavy atom. The van der Waals surface area contributed by atoms with E-state index in [1.165, 1.54) is 12.2 Å². The molecule has 1 amide bonds. The van der Waals surface area contributed by atoms with Crippen LogP contribution in [-0.2, 0) is 19.2 Å². The quantitative estimate of drug-likeness (QED) is 0.428. The molecular formula is C11H15NO7. The van der Waals surface area contributed by atoms with Crippen LogP contribution in [0.5, 0.6) is 0 Å². The summed E-state index contributed by atoms with van der Waals surface area (Å²) in [6.45, 7) is 0. The molecule has 0 aliphatic heterocycles. The largest absolute Gasteiger partial charge is 0.481 e. The third-order valence-corrected chi connectivity index (χ3v) is 2.03. The van der Waals surface area contributed by atoms with Gasteiger partial charge in [0.25, 0.3) is 0 Å². The topological polar surface area (TPSA) is 141 Å². The van der Waals surface area contributed by atoms with Crippen molar-refractivity contribution in [1.29, 1.82) is 0 Å². The van der Waals surface area contributed by atoms with Crippen LogP contribution in [0.4, 0.5) is 0 Å². The van der Waals surface area contributed by atoms with E-state index in [1.807, 2.05) is 0 Å². The highest BCUT2D eigenvalue weighted by atomic mass is 16.4. The smallest absolute Gasteiger partial charge is 0.326 e. The van der Waals surface area contributed by atoms with E-state index in [2.05, 4.69) is 5.32 Å². The summed E-state index contributed by atoms with van der Waals surface area (Å²) in [5.41, 5.74) is 0. The summed E-state index contributed by atoms with van der Waals surface area (Å²) in [6, 6.07) is -1.20. The second-order valence-electron chi connectivity index (χ2n) is 3.66. The Balaban J connectivity index is 4.22. The zero-order valence-corrected chi connectivity index (χ0v) is 10.0. The van der Waals surface area contributed by atoms with Gasteiger partial charge >= 0.3 is 17.9 Å². The highest BCUT2D eigenvalue weighted by Crippen LogP contribution is 1.98. The Kier molecular flexibility index (Phi) is 7.59. The molecule has 0 aromatic rings. The molecule has 0 rings (SSSR count). The van der Waals surface area contributed by atoms with Gasteiger partial charge in [0, 0.05) is 6.42 Å². The van der Waals surface area contributed by atoms with Gasteiger partial charge in [0.1, 0.15) is 6.04 Å². The fourth-order valence-electron chi connectivity index (χ4n) is 1.12. The Labute approximate surface area is 108 Å². The highest BCUT2D eigenvalue weighted by Gasteiger charge is 2.18. The van der Waals surface area contributed by atoms with E-state index < -0.39 is 29.9 Å². The van der Waals surface area contributed by atoms with Gasteiger partial charge in [0.05, 0.1) is 12.8 Å². The molecule has 0 saturated heterocycles. The van der Waals surface area contributed by atoms with Crippen molar-refractivity contribution in [3.63, 3.8) is 0 Å². The fourth-order valence-corrected chi connectivity index (χ4v) is 1.12. The number of amides is 1. The summed E-state index contributed by atoms with van der Waals surface area (Å²) >= 11 is 0. The van der Waals surface area contributed by atoms with Gasteiger partial charge in [0.15, 0.2) is 0 Å². The first kappa shape index (κ1) is 16.6. The number of aliphatic carboxylic acids is 3. The first-order chi connectivity index (χ1) is 8.82. The van der Waals surface area contributed by atoms with E-state index in [0.717, 1.165) is 0 Å². The molecule has 1 unspecified atom stereocenters. The van der Waals surface area contributed by atoms with E-state index in [4.69, 9.17) is 15.3 Å². The average molecular weight is 273 g/mol. The maximum absolute atomic E-state index is 11.2. The SMILES string of the molecule is O=C(O)CC=CCC(NC(=O)CCC(=O)O)C(=O)O. The van der Waals surface area contributed by atoms with Gasteiger partial charge in [-0.1, -0.05) is 12.2 Å². The average Bonchev–Trinajstić information content (AvgIpc) is 2.29. The van der Waals surface area contributed by atoms with Crippen molar-refractivity contribution in [3.8, 4) is 0 Å². The van der Waals surface area contributed by atoms with Crippen LogP contribution in [0.15, 0.2) is 12.2 Å². The Morgan fingerprint density at radius 2 is 1.58 bits per heavy atom. The van der Waals surface area contributed by atoms with E-state index in [0.29, 0.717) is 0 Å². The maximum atomic E-state index is 11.2. The van der Waals surface area contributed by atoms with Crippen LogP contribution in [0.1, 0.15) is 25.7 Å². The van der Waals surface area contributed by atoms with Crippen LogP contribution < -0.4 is 5.32 Å². The second kappa shape index (κ2) is 8.67. The molecule has 8 heteroatoms. The van der Waals surface area contributed by atoms with Crippen LogP contribution in [0.25, 0.3) is 0 Å². The zero-order valence-electron chi connectivity index (χ0n) is 10.0. The lowest BCUT2D eigenvalue weighted by molar-refractivity contribution is -0.142. The van der Waals surface area contributed by atoms with Gasteiger partial charge in [-0.25, -0.2) is 4.79 Å². The number of nitrogens with one attached hydrogen (secondary N) is 1. The minimum Gasteiger partial charge on any atom is -0.481 e. The molecule has 0 aromatic carbocycles. The van der Waals surface area contributed by atoms with Crippen molar-refractivity contribution >= 4 is 23.8 Å². The van der Waals surface area contributed by atoms with Crippen LogP contribution in [0.3, 0.4) is 0 Å².